The van der Waals surface area contributed by atoms with Gasteiger partial charge in [0, 0.05) is 18.0 Å². The van der Waals surface area contributed by atoms with Crippen molar-refractivity contribution in [2.24, 2.45) is 0 Å². The third kappa shape index (κ3) is 2.36. The zero-order chi connectivity index (χ0) is 13.1. The van der Waals surface area contributed by atoms with E-state index in [2.05, 4.69) is 4.98 Å². The Kier molecular flexibility index (Phi) is 3.35. The van der Waals surface area contributed by atoms with Gasteiger partial charge in [0.25, 0.3) is 0 Å². The maximum atomic E-state index is 8.85. The Hall–Kier alpha value is -2.25. The van der Waals surface area contributed by atoms with E-state index in [9.17, 15) is 0 Å². The summed E-state index contributed by atoms with van der Waals surface area (Å²) in [4.78, 5) is 3.99. The first kappa shape index (κ1) is 12.2. The SMILES string of the molecule is Cc1ccc(Oc2nccc(C#N)c2Cl)cc1N. The number of aryl methyl sites for hydroxylation is 1. The monoisotopic (exact) mass is 259 g/mol. The number of hydrogen-bond acceptors (Lipinski definition) is 4. The molecule has 0 aliphatic rings. The van der Waals surface area contributed by atoms with Crippen LogP contribution in [0.5, 0.6) is 11.6 Å². The van der Waals surface area contributed by atoms with E-state index >= 15 is 0 Å². The molecule has 18 heavy (non-hydrogen) atoms. The Labute approximate surface area is 110 Å². The minimum atomic E-state index is 0.193. The fourth-order valence-corrected chi connectivity index (χ4v) is 1.57. The van der Waals surface area contributed by atoms with E-state index in [0.717, 1.165) is 5.56 Å². The number of nitrogens with two attached hydrogens (primary N) is 1. The Morgan fingerprint density at radius 1 is 1.39 bits per heavy atom. The van der Waals surface area contributed by atoms with E-state index in [1.54, 1.807) is 12.1 Å². The van der Waals surface area contributed by atoms with Crippen molar-refractivity contribution in [1.29, 1.82) is 5.26 Å². The highest BCUT2D eigenvalue weighted by Gasteiger charge is 2.09. The van der Waals surface area contributed by atoms with Crippen molar-refractivity contribution < 1.29 is 4.74 Å². The third-order valence-corrected chi connectivity index (χ3v) is 2.81. The van der Waals surface area contributed by atoms with Crippen LogP contribution < -0.4 is 10.5 Å². The molecule has 2 aromatic rings. The lowest BCUT2D eigenvalue weighted by atomic mass is 10.2. The molecule has 0 fully saturated rings. The molecule has 0 unspecified atom stereocenters. The van der Waals surface area contributed by atoms with E-state index in [-0.39, 0.29) is 10.9 Å². The van der Waals surface area contributed by atoms with Crippen LogP contribution in [-0.4, -0.2) is 4.98 Å². The maximum Gasteiger partial charge on any atom is 0.239 e. The van der Waals surface area contributed by atoms with Crippen molar-refractivity contribution >= 4 is 17.3 Å². The summed E-state index contributed by atoms with van der Waals surface area (Å²) in [6, 6.07) is 8.79. The van der Waals surface area contributed by atoms with Crippen molar-refractivity contribution in [2.75, 3.05) is 5.73 Å². The van der Waals surface area contributed by atoms with Gasteiger partial charge in [-0.05, 0) is 24.6 Å². The molecule has 0 atom stereocenters. The Balaban J connectivity index is 2.35. The highest BCUT2D eigenvalue weighted by atomic mass is 35.5. The van der Waals surface area contributed by atoms with E-state index in [1.807, 2.05) is 19.1 Å². The summed E-state index contributed by atoms with van der Waals surface area (Å²) in [5, 5.41) is 9.05. The molecule has 0 amide bonds. The van der Waals surface area contributed by atoms with E-state index in [4.69, 9.17) is 27.3 Å². The van der Waals surface area contributed by atoms with Crippen LogP contribution in [0.3, 0.4) is 0 Å². The molecule has 0 aliphatic heterocycles. The van der Waals surface area contributed by atoms with Gasteiger partial charge in [-0.3, -0.25) is 0 Å². The van der Waals surface area contributed by atoms with Gasteiger partial charge in [0.1, 0.15) is 16.8 Å². The number of aromatic nitrogens is 1. The summed E-state index contributed by atoms with van der Waals surface area (Å²) in [7, 11) is 0. The fraction of sp³-hybridized carbons (Fsp3) is 0.0769. The van der Waals surface area contributed by atoms with Crippen LogP contribution in [0.15, 0.2) is 30.5 Å². The highest BCUT2D eigenvalue weighted by Crippen LogP contribution is 2.30. The van der Waals surface area contributed by atoms with E-state index in [0.29, 0.717) is 17.0 Å². The highest BCUT2D eigenvalue weighted by molar-refractivity contribution is 6.33. The van der Waals surface area contributed by atoms with E-state index < -0.39 is 0 Å². The lowest BCUT2D eigenvalue weighted by molar-refractivity contribution is 0.463. The lowest BCUT2D eigenvalue weighted by Gasteiger charge is -2.08. The summed E-state index contributed by atoms with van der Waals surface area (Å²) in [6.07, 6.45) is 1.47. The summed E-state index contributed by atoms with van der Waals surface area (Å²) in [5.41, 5.74) is 7.69. The van der Waals surface area contributed by atoms with Gasteiger partial charge in [0.2, 0.25) is 5.88 Å². The van der Waals surface area contributed by atoms with Gasteiger partial charge in [0.15, 0.2) is 0 Å². The van der Waals surface area contributed by atoms with Crippen LogP contribution >= 0.6 is 11.6 Å². The number of ether oxygens (including phenoxy) is 1. The molecule has 0 bridgehead atoms. The second-order valence-corrected chi connectivity index (χ2v) is 4.09. The predicted molar refractivity (Wildman–Crippen MR) is 69.6 cm³/mol. The van der Waals surface area contributed by atoms with Crippen LogP contribution in [0.1, 0.15) is 11.1 Å². The number of anilines is 1. The zero-order valence-corrected chi connectivity index (χ0v) is 10.4. The fourth-order valence-electron chi connectivity index (χ4n) is 1.38. The standard InChI is InChI=1S/C13H10ClN3O/c1-8-2-3-10(6-11(8)16)18-13-12(14)9(7-15)4-5-17-13/h2-6H,16H2,1H3. The first-order valence-corrected chi connectivity index (χ1v) is 5.58. The first-order valence-electron chi connectivity index (χ1n) is 5.20. The van der Waals surface area contributed by atoms with Crippen LogP contribution in [0.25, 0.3) is 0 Å². The second-order valence-electron chi connectivity index (χ2n) is 3.71. The Morgan fingerprint density at radius 3 is 2.83 bits per heavy atom. The number of benzene rings is 1. The molecule has 1 aromatic heterocycles. The molecule has 1 heterocycles. The topological polar surface area (TPSA) is 71.9 Å². The smallest absolute Gasteiger partial charge is 0.239 e. The minimum absolute atomic E-state index is 0.193. The number of nitrogen functional groups attached to an aromatic ring is 1. The van der Waals surface area contributed by atoms with Gasteiger partial charge in [-0.25, -0.2) is 4.98 Å². The minimum Gasteiger partial charge on any atom is -0.437 e. The molecular weight excluding hydrogens is 250 g/mol. The molecule has 5 heteroatoms. The molecule has 90 valence electrons. The molecule has 4 nitrogen and oxygen atoms in total. The summed E-state index contributed by atoms with van der Waals surface area (Å²) < 4.78 is 5.51. The molecule has 0 saturated carbocycles. The number of pyridine rings is 1. The van der Waals surface area contributed by atoms with Gasteiger partial charge in [-0.1, -0.05) is 17.7 Å². The number of nitrogens with zero attached hydrogens (tertiary/aromatic N) is 2. The van der Waals surface area contributed by atoms with Crippen LogP contribution in [0, 0.1) is 18.3 Å². The molecule has 0 spiro atoms. The number of rotatable bonds is 2. The molecule has 2 rings (SSSR count). The largest absolute Gasteiger partial charge is 0.437 e. The predicted octanol–water partition coefficient (Wildman–Crippen LogP) is 3.29. The second kappa shape index (κ2) is 4.94. The van der Waals surface area contributed by atoms with Crippen LogP contribution in [0.2, 0.25) is 5.02 Å². The van der Waals surface area contributed by atoms with E-state index in [1.165, 1.54) is 12.3 Å². The molecule has 0 radical (unpaired) electrons. The Morgan fingerprint density at radius 2 is 2.17 bits per heavy atom. The molecule has 1 aromatic carbocycles. The van der Waals surface area contributed by atoms with Crippen molar-refractivity contribution in [3.8, 4) is 17.7 Å². The zero-order valence-electron chi connectivity index (χ0n) is 9.64. The number of hydrogen-bond donors (Lipinski definition) is 1. The summed E-state index contributed by atoms with van der Waals surface area (Å²) >= 11 is 5.99. The van der Waals surface area contributed by atoms with Gasteiger partial charge in [-0.2, -0.15) is 5.26 Å². The van der Waals surface area contributed by atoms with Gasteiger partial charge < -0.3 is 10.5 Å². The molecular formula is C13H10ClN3O. The van der Waals surface area contributed by atoms with Crippen LogP contribution in [-0.2, 0) is 0 Å². The van der Waals surface area contributed by atoms with Crippen molar-refractivity contribution in [2.45, 2.75) is 6.92 Å². The third-order valence-electron chi connectivity index (χ3n) is 2.44. The van der Waals surface area contributed by atoms with Crippen molar-refractivity contribution in [3.05, 3.63) is 46.6 Å². The van der Waals surface area contributed by atoms with Crippen molar-refractivity contribution in [3.63, 3.8) is 0 Å². The summed E-state index contributed by atoms with van der Waals surface area (Å²) in [5.74, 6) is 0.724. The number of halogens is 1. The van der Waals surface area contributed by atoms with Crippen LogP contribution in [0.4, 0.5) is 5.69 Å². The number of nitriles is 1. The normalized spacial score (nSPS) is 9.83. The molecule has 0 aliphatic carbocycles. The van der Waals surface area contributed by atoms with Gasteiger partial charge in [-0.15, -0.1) is 0 Å². The average Bonchev–Trinajstić information content (AvgIpc) is 2.36. The lowest BCUT2D eigenvalue weighted by Crippen LogP contribution is -1.94. The average molecular weight is 260 g/mol. The summed E-state index contributed by atoms with van der Waals surface area (Å²) in [6.45, 7) is 1.90. The maximum absolute atomic E-state index is 8.85. The quantitative estimate of drug-likeness (QED) is 0.840. The first-order chi connectivity index (χ1) is 8.61. The van der Waals surface area contributed by atoms with Gasteiger partial charge in [0.05, 0.1) is 5.56 Å². The Bertz CT molecular complexity index is 635. The van der Waals surface area contributed by atoms with Gasteiger partial charge >= 0.3 is 0 Å². The molecule has 0 saturated heterocycles. The van der Waals surface area contributed by atoms with Crippen molar-refractivity contribution in [1.82, 2.24) is 4.98 Å². The molecule has 2 N–H and O–H groups in total.